The molecule has 10 aromatic rings. The van der Waals surface area contributed by atoms with E-state index in [2.05, 4.69) is 201 Å². The van der Waals surface area contributed by atoms with Crippen LogP contribution in [-0.4, -0.2) is 10.7 Å². The monoisotopic (exact) mass is 807 g/mol. The molecule has 0 amide bonds. The minimum atomic E-state index is -0.114. The van der Waals surface area contributed by atoms with Crippen LogP contribution in [0.3, 0.4) is 0 Å². The Balaban J connectivity index is 1.02. The van der Waals surface area contributed by atoms with Crippen molar-refractivity contribution >= 4 is 43.7 Å². The molecule has 0 unspecified atom stereocenters. The average molecular weight is 808 g/mol. The van der Waals surface area contributed by atoms with Crippen molar-refractivity contribution < 1.29 is 0 Å². The van der Waals surface area contributed by atoms with Gasteiger partial charge in [0.1, 0.15) is 0 Å². The lowest BCUT2D eigenvalue weighted by atomic mass is 9.81. The minimum Gasteiger partial charge on any atom is -0.398 e. The van der Waals surface area contributed by atoms with Crippen molar-refractivity contribution in [3.05, 3.63) is 240 Å². The lowest BCUT2D eigenvalue weighted by molar-refractivity contribution is 0.661. The second kappa shape index (κ2) is 15.5. The molecule has 9 aromatic carbocycles. The number of aromatic nitrogens is 1. The minimum absolute atomic E-state index is 0.114. The largest absolute Gasteiger partial charge is 0.398 e. The van der Waals surface area contributed by atoms with Gasteiger partial charge in [0.15, 0.2) is 0 Å². The van der Waals surface area contributed by atoms with Gasteiger partial charge in [-0.3, -0.25) is 9.98 Å². The summed E-state index contributed by atoms with van der Waals surface area (Å²) in [4.78, 5) is 9.47. The third kappa shape index (κ3) is 6.61. The summed E-state index contributed by atoms with van der Waals surface area (Å²) in [5.74, 6) is 0. The summed E-state index contributed by atoms with van der Waals surface area (Å²) in [6, 6.07) is 69.8. The van der Waals surface area contributed by atoms with Crippen molar-refractivity contribution in [2.45, 2.75) is 25.8 Å². The van der Waals surface area contributed by atoms with Crippen LogP contribution in [-0.2, 0) is 12.0 Å². The molecule has 0 atom stereocenters. The Morgan fingerprint density at radius 2 is 1.13 bits per heavy atom. The summed E-state index contributed by atoms with van der Waals surface area (Å²) in [5, 5.41) is 7.27. The maximum Gasteiger partial charge on any atom is 0.0671 e. The standard InChI is InChI=1S/C60H45N3/c1-60(2)54-24-12-23-53(59(54)58-44-18-7-6-16-41(44)29-34-55(58)60)51-31-30-49(45-19-8-9-20-46(45)51)50-32-33-52(48-22-11-10-21-47(48)50)56(61)36-57(63-37-39-14-4-3-5-15-39)42-27-25-40(26-28-42)43-17-13-35-62-38-43/h3-36,38H,37,61H2,1-2H3/b56-36-,63-57?. The zero-order chi connectivity index (χ0) is 42.5. The van der Waals surface area contributed by atoms with Crippen molar-refractivity contribution in [1.82, 2.24) is 4.98 Å². The van der Waals surface area contributed by atoms with Crippen molar-refractivity contribution in [3.8, 4) is 44.5 Å². The van der Waals surface area contributed by atoms with E-state index in [1.165, 1.54) is 66.1 Å². The number of fused-ring (bicyclic) bond motifs is 7. The number of aliphatic imine (C=N–C) groups is 1. The highest BCUT2D eigenvalue weighted by Gasteiger charge is 2.38. The van der Waals surface area contributed by atoms with Crippen LogP contribution in [0, 0.1) is 0 Å². The zero-order valence-corrected chi connectivity index (χ0v) is 35.4. The molecule has 1 aliphatic carbocycles. The molecule has 0 radical (unpaired) electrons. The van der Waals surface area contributed by atoms with Crippen molar-refractivity contribution in [2.75, 3.05) is 0 Å². The first-order valence-corrected chi connectivity index (χ1v) is 21.7. The van der Waals surface area contributed by atoms with Crippen LogP contribution in [0.1, 0.15) is 41.7 Å². The molecule has 3 heteroatoms. The molecule has 1 heterocycles. The highest BCUT2D eigenvalue weighted by Crippen LogP contribution is 2.55. The fourth-order valence-corrected chi connectivity index (χ4v) is 9.90. The second-order valence-electron chi connectivity index (χ2n) is 17.1. The Labute approximate surface area is 368 Å². The van der Waals surface area contributed by atoms with Gasteiger partial charge in [-0.15, -0.1) is 0 Å². The van der Waals surface area contributed by atoms with Gasteiger partial charge in [-0.05, 0) is 111 Å². The van der Waals surface area contributed by atoms with Crippen LogP contribution < -0.4 is 5.73 Å². The summed E-state index contributed by atoms with van der Waals surface area (Å²) >= 11 is 0. The number of benzene rings is 9. The van der Waals surface area contributed by atoms with E-state index in [9.17, 15) is 0 Å². The molecular formula is C60H45N3. The SMILES string of the molecule is CC1(C)c2cccc(-c3ccc(-c4ccc(/C(N)=C/C(=NCc5ccccc5)c5ccc(-c6cccnc6)cc5)c5ccccc45)c4ccccc34)c2-c2c1ccc1ccccc21. The summed E-state index contributed by atoms with van der Waals surface area (Å²) < 4.78 is 0. The highest BCUT2D eigenvalue weighted by molar-refractivity contribution is 6.16. The average Bonchev–Trinajstić information content (AvgIpc) is 3.59. The Kier molecular flexibility index (Phi) is 9.39. The number of hydrogen-bond acceptors (Lipinski definition) is 3. The smallest absolute Gasteiger partial charge is 0.0671 e. The van der Waals surface area contributed by atoms with Gasteiger partial charge in [0.2, 0.25) is 0 Å². The molecule has 0 saturated heterocycles. The van der Waals surface area contributed by atoms with Crippen LogP contribution in [0.25, 0.3) is 82.5 Å². The third-order valence-electron chi connectivity index (χ3n) is 13.1. The quantitative estimate of drug-likeness (QED) is 0.156. The number of nitrogens with zero attached hydrogens (tertiary/aromatic N) is 2. The third-order valence-corrected chi connectivity index (χ3v) is 13.1. The van der Waals surface area contributed by atoms with Crippen molar-refractivity contribution in [2.24, 2.45) is 10.7 Å². The van der Waals surface area contributed by atoms with Crippen LogP contribution in [0.15, 0.2) is 218 Å². The topological polar surface area (TPSA) is 51.3 Å². The van der Waals surface area contributed by atoms with Gasteiger partial charge in [-0.1, -0.05) is 202 Å². The second-order valence-corrected chi connectivity index (χ2v) is 17.1. The van der Waals surface area contributed by atoms with E-state index in [4.69, 9.17) is 10.7 Å². The first kappa shape index (κ1) is 38.1. The molecule has 11 rings (SSSR count). The van der Waals surface area contributed by atoms with E-state index in [0.29, 0.717) is 12.2 Å². The summed E-state index contributed by atoms with van der Waals surface area (Å²) in [6.45, 7) is 5.28. The zero-order valence-electron chi connectivity index (χ0n) is 35.4. The molecule has 0 saturated carbocycles. The van der Waals surface area contributed by atoms with Crippen LogP contribution in [0.4, 0.5) is 0 Å². The van der Waals surface area contributed by atoms with Gasteiger partial charge in [-0.2, -0.15) is 0 Å². The first-order valence-electron chi connectivity index (χ1n) is 21.7. The Morgan fingerprint density at radius 1 is 0.508 bits per heavy atom. The van der Waals surface area contributed by atoms with Crippen LogP contribution >= 0.6 is 0 Å². The highest BCUT2D eigenvalue weighted by atomic mass is 14.7. The predicted octanol–water partition coefficient (Wildman–Crippen LogP) is 14.8. The molecule has 63 heavy (non-hydrogen) atoms. The fraction of sp³-hybridized carbons (Fsp3) is 0.0667. The Bertz CT molecular complexity index is 3430. The molecule has 1 aromatic heterocycles. The van der Waals surface area contributed by atoms with E-state index in [0.717, 1.165) is 44.3 Å². The molecule has 1 aliphatic rings. The Morgan fingerprint density at radius 3 is 1.84 bits per heavy atom. The molecule has 0 bridgehead atoms. The maximum absolute atomic E-state index is 7.16. The number of rotatable bonds is 8. The van der Waals surface area contributed by atoms with Gasteiger partial charge in [-0.25, -0.2) is 0 Å². The van der Waals surface area contributed by atoms with Gasteiger partial charge in [0.25, 0.3) is 0 Å². The first-order chi connectivity index (χ1) is 30.9. The molecule has 0 spiro atoms. The van der Waals surface area contributed by atoms with Gasteiger partial charge >= 0.3 is 0 Å². The lowest BCUT2D eigenvalue weighted by Crippen LogP contribution is -2.14. The summed E-state index contributed by atoms with van der Waals surface area (Å²) in [5.41, 5.74) is 24.2. The van der Waals surface area contributed by atoms with Crippen LogP contribution in [0.5, 0.6) is 0 Å². The molecule has 0 fully saturated rings. The number of allylic oxidation sites excluding steroid dienone is 1. The van der Waals surface area contributed by atoms with Crippen LogP contribution in [0.2, 0.25) is 0 Å². The van der Waals surface area contributed by atoms with Gasteiger partial charge < -0.3 is 5.73 Å². The van der Waals surface area contributed by atoms with E-state index < -0.39 is 0 Å². The molecule has 2 N–H and O–H groups in total. The van der Waals surface area contributed by atoms with E-state index in [1.54, 1.807) is 6.20 Å². The number of pyridine rings is 1. The molecule has 300 valence electrons. The molecule has 3 nitrogen and oxygen atoms in total. The maximum atomic E-state index is 7.16. The van der Waals surface area contributed by atoms with E-state index in [1.807, 2.05) is 24.4 Å². The summed E-state index contributed by atoms with van der Waals surface area (Å²) in [7, 11) is 0. The van der Waals surface area contributed by atoms with Gasteiger partial charge in [0.05, 0.1) is 12.3 Å². The van der Waals surface area contributed by atoms with E-state index >= 15 is 0 Å². The Hall–Kier alpha value is -7.88. The van der Waals surface area contributed by atoms with Crippen molar-refractivity contribution in [3.63, 3.8) is 0 Å². The number of nitrogens with two attached hydrogens (primary N) is 1. The molecular weight excluding hydrogens is 763 g/mol. The van der Waals surface area contributed by atoms with Gasteiger partial charge in [0, 0.05) is 29.1 Å². The normalized spacial score (nSPS) is 13.4. The van der Waals surface area contributed by atoms with E-state index in [-0.39, 0.29) is 5.41 Å². The fourth-order valence-electron chi connectivity index (χ4n) is 9.90. The van der Waals surface area contributed by atoms with Crippen molar-refractivity contribution in [1.29, 1.82) is 0 Å². The predicted molar refractivity (Wildman–Crippen MR) is 266 cm³/mol. The molecule has 0 aliphatic heterocycles. The summed E-state index contributed by atoms with van der Waals surface area (Å²) in [6.07, 6.45) is 5.72. The lowest BCUT2D eigenvalue weighted by Gasteiger charge is -2.22. The number of hydrogen-bond donors (Lipinski definition) is 1.